The van der Waals surface area contributed by atoms with E-state index in [4.69, 9.17) is 4.74 Å². The minimum atomic E-state index is -0.292. The van der Waals surface area contributed by atoms with Crippen molar-refractivity contribution in [2.75, 3.05) is 19.0 Å². The van der Waals surface area contributed by atoms with Crippen LogP contribution in [0.4, 0.5) is 5.69 Å². The predicted molar refractivity (Wildman–Crippen MR) is 106 cm³/mol. The average molecular weight is 364 g/mol. The van der Waals surface area contributed by atoms with Gasteiger partial charge in [0.15, 0.2) is 0 Å². The molecule has 0 saturated heterocycles. The molecule has 0 fully saturated rings. The number of carbonyl (C=O) groups excluding carboxylic acids is 2. The topological polar surface area (TPSA) is 58.6 Å². The van der Waals surface area contributed by atoms with Crippen LogP contribution in [0, 0.1) is 12.8 Å². The van der Waals surface area contributed by atoms with Gasteiger partial charge in [-0.1, -0.05) is 43.7 Å². The Morgan fingerprint density at radius 1 is 0.963 bits per heavy atom. The first-order valence-electron chi connectivity index (χ1n) is 8.99. The van der Waals surface area contributed by atoms with Gasteiger partial charge in [0.2, 0.25) is 0 Å². The highest BCUT2D eigenvalue weighted by atomic mass is 16.5. The first kappa shape index (κ1) is 18.7. The molecule has 140 valence electrons. The molecule has 0 bridgehead atoms. The lowest BCUT2D eigenvalue weighted by Crippen LogP contribution is -2.35. The molecule has 0 spiro atoms. The van der Waals surface area contributed by atoms with E-state index in [1.165, 1.54) is 4.90 Å². The number of rotatable bonds is 6. The Bertz CT molecular complexity index is 881. The number of amides is 2. The fourth-order valence-corrected chi connectivity index (χ4v) is 3.03. The Kier molecular flexibility index (Phi) is 5.31. The molecular formula is C22H24N2O3. The van der Waals surface area contributed by atoms with Crippen molar-refractivity contribution in [3.63, 3.8) is 0 Å². The number of hydrogen-bond acceptors (Lipinski definition) is 4. The summed E-state index contributed by atoms with van der Waals surface area (Å²) in [6.45, 7) is 6.35. The van der Waals surface area contributed by atoms with E-state index < -0.39 is 0 Å². The summed E-state index contributed by atoms with van der Waals surface area (Å²) in [5.74, 6) is 0.370. The van der Waals surface area contributed by atoms with E-state index in [1.807, 2.05) is 69.3 Å². The SMILES string of the molecule is COc1ccc(NC2=C(c3ccc(C)cc3)C(=O)N(CC(C)C)C2=O)cc1. The second-order valence-electron chi connectivity index (χ2n) is 7.08. The Morgan fingerprint density at radius 2 is 1.59 bits per heavy atom. The highest BCUT2D eigenvalue weighted by molar-refractivity contribution is 6.36. The third-order valence-corrected chi connectivity index (χ3v) is 4.42. The summed E-state index contributed by atoms with van der Waals surface area (Å²) in [6.07, 6.45) is 0. The third-order valence-electron chi connectivity index (χ3n) is 4.42. The van der Waals surface area contributed by atoms with Crippen LogP contribution in [0.15, 0.2) is 54.2 Å². The number of imide groups is 1. The minimum absolute atomic E-state index is 0.192. The average Bonchev–Trinajstić information content (AvgIpc) is 2.87. The van der Waals surface area contributed by atoms with Crippen LogP contribution in [0.25, 0.3) is 5.57 Å². The standard InChI is InChI=1S/C22H24N2O3/c1-14(2)13-24-21(25)19(16-7-5-15(3)6-8-16)20(22(24)26)23-17-9-11-18(27-4)12-10-17/h5-12,14,23H,13H2,1-4H3. The number of methoxy groups -OCH3 is 1. The summed E-state index contributed by atoms with van der Waals surface area (Å²) >= 11 is 0. The van der Waals surface area contributed by atoms with Crippen molar-refractivity contribution in [2.24, 2.45) is 5.92 Å². The summed E-state index contributed by atoms with van der Waals surface area (Å²) in [4.78, 5) is 27.3. The molecule has 2 aromatic rings. The van der Waals surface area contributed by atoms with E-state index >= 15 is 0 Å². The molecule has 1 heterocycles. The molecule has 0 saturated carbocycles. The number of nitrogens with zero attached hydrogens (tertiary/aromatic N) is 1. The summed E-state index contributed by atoms with van der Waals surface area (Å²) in [7, 11) is 1.60. The lowest BCUT2D eigenvalue weighted by atomic mass is 10.0. The second-order valence-corrected chi connectivity index (χ2v) is 7.08. The maximum atomic E-state index is 13.0. The van der Waals surface area contributed by atoms with Gasteiger partial charge in [-0.25, -0.2) is 0 Å². The van der Waals surface area contributed by atoms with Gasteiger partial charge >= 0.3 is 0 Å². The first-order valence-corrected chi connectivity index (χ1v) is 8.99. The maximum Gasteiger partial charge on any atom is 0.278 e. The molecule has 0 unspecified atom stereocenters. The van der Waals surface area contributed by atoms with E-state index in [1.54, 1.807) is 7.11 Å². The van der Waals surface area contributed by atoms with Crippen molar-refractivity contribution >= 4 is 23.1 Å². The molecule has 5 nitrogen and oxygen atoms in total. The van der Waals surface area contributed by atoms with Gasteiger partial charge in [-0.15, -0.1) is 0 Å². The van der Waals surface area contributed by atoms with E-state index in [0.29, 0.717) is 17.8 Å². The second kappa shape index (κ2) is 7.66. The van der Waals surface area contributed by atoms with Crippen LogP contribution in [-0.2, 0) is 9.59 Å². The third kappa shape index (κ3) is 3.87. The fraction of sp³-hybridized carbons (Fsp3) is 0.273. The van der Waals surface area contributed by atoms with Crippen molar-refractivity contribution in [1.82, 2.24) is 4.90 Å². The van der Waals surface area contributed by atoms with Gasteiger partial charge in [-0.05, 0) is 42.7 Å². The Morgan fingerprint density at radius 3 is 2.15 bits per heavy atom. The maximum absolute atomic E-state index is 13.0. The monoisotopic (exact) mass is 364 g/mol. The van der Waals surface area contributed by atoms with Gasteiger partial charge in [-0.3, -0.25) is 14.5 Å². The lowest BCUT2D eigenvalue weighted by Gasteiger charge is -2.17. The number of benzene rings is 2. The van der Waals surface area contributed by atoms with Crippen molar-refractivity contribution in [3.8, 4) is 5.75 Å². The highest BCUT2D eigenvalue weighted by Crippen LogP contribution is 2.31. The van der Waals surface area contributed by atoms with Crippen LogP contribution in [0.3, 0.4) is 0 Å². The Hall–Kier alpha value is -3.08. The zero-order chi connectivity index (χ0) is 19.6. The quantitative estimate of drug-likeness (QED) is 0.791. The van der Waals surface area contributed by atoms with Crippen LogP contribution in [0.2, 0.25) is 0 Å². The molecule has 0 aliphatic carbocycles. The highest BCUT2D eigenvalue weighted by Gasteiger charge is 2.39. The molecule has 1 N–H and O–H groups in total. The van der Waals surface area contributed by atoms with Gasteiger partial charge in [0.1, 0.15) is 11.4 Å². The number of anilines is 1. The first-order chi connectivity index (χ1) is 12.9. The summed E-state index contributed by atoms with van der Waals surface area (Å²) in [5, 5.41) is 3.15. The molecule has 0 aromatic heterocycles. The van der Waals surface area contributed by atoms with Crippen molar-refractivity contribution in [1.29, 1.82) is 0 Å². The molecule has 1 aliphatic rings. The van der Waals surface area contributed by atoms with Crippen LogP contribution >= 0.6 is 0 Å². The molecule has 0 radical (unpaired) electrons. The van der Waals surface area contributed by atoms with Gasteiger partial charge in [0, 0.05) is 12.2 Å². The van der Waals surface area contributed by atoms with Crippen molar-refractivity contribution in [3.05, 3.63) is 65.4 Å². The van der Waals surface area contributed by atoms with Crippen LogP contribution in [0.1, 0.15) is 25.0 Å². The van der Waals surface area contributed by atoms with Gasteiger partial charge in [0.25, 0.3) is 11.8 Å². The van der Waals surface area contributed by atoms with Crippen LogP contribution in [-0.4, -0.2) is 30.4 Å². The van der Waals surface area contributed by atoms with Gasteiger partial charge in [0.05, 0.1) is 12.7 Å². The summed E-state index contributed by atoms with van der Waals surface area (Å²) in [5.41, 5.74) is 3.29. The number of aryl methyl sites for hydroxylation is 1. The van der Waals surface area contributed by atoms with E-state index in [9.17, 15) is 9.59 Å². The Labute approximate surface area is 159 Å². The fourth-order valence-electron chi connectivity index (χ4n) is 3.03. The number of nitrogens with one attached hydrogen (secondary N) is 1. The molecule has 3 rings (SSSR count). The van der Waals surface area contributed by atoms with Crippen molar-refractivity contribution < 1.29 is 14.3 Å². The Balaban J connectivity index is 2.02. The normalized spacial score (nSPS) is 14.3. The molecule has 2 amide bonds. The molecule has 1 aliphatic heterocycles. The molecular weight excluding hydrogens is 340 g/mol. The zero-order valence-electron chi connectivity index (χ0n) is 16.1. The molecule has 5 heteroatoms. The van der Waals surface area contributed by atoms with Crippen LogP contribution < -0.4 is 10.1 Å². The smallest absolute Gasteiger partial charge is 0.278 e. The zero-order valence-corrected chi connectivity index (χ0v) is 16.1. The van der Waals surface area contributed by atoms with E-state index in [0.717, 1.165) is 22.6 Å². The number of hydrogen-bond donors (Lipinski definition) is 1. The minimum Gasteiger partial charge on any atom is -0.497 e. The number of ether oxygens (including phenoxy) is 1. The number of carbonyl (C=O) groups is 2. The van der Waals surface area contributed by atoms with Crippen molar-refractivity contribution in [2.45, 2.75) is 20.8 Å². The van der Waals surface area contributed by atoms with E-state index in [2.05, 4.69) is 5.32 Å². The van der Waals surface area contributed by atoms with E-state index in [-0.39, 0.29) is 17.7 Å². The van der Waals surface area contributed by atoms with Crippen LogP contribution in [0.5, 0.6) is 5.75 Å². The lowest BCUT2D eigenvalue weighted by molar-refractivity contribution is -0.137. The summed E-state index contributed by atoms with van der Waals surface area (Å²) < 4.78 is 5.17. The van der Waals surface area contributed by atoms with Gasteiger partial charge in [-0.2, -0.15) is 0 Å². The molecule has 2 aromatic carbocycles. The molecule has 27 heavy (non-hydrogen) atoms. The largest absolute Gasteiger partial charge is 0.497 e. The molecule has 0 atom stereocenters. The van der Waals surface area contributed by atoms with Gasteiger partial charge < -0.3 is 10.1 Å². The summed E-state index contributed by atoms with van der Waals surface area (Å²) in [6, 6.07) is 14.9. The predicted octanol–water partition coefficient (Wildman–Crippen LogP) is 3.85.